The maximum absolute atomic E-state index is 4.57. The van der Waals surface area contributed by atoms with Gasteiger partial charge in [-0.05, 0) is 38.2 Å². The zero-order chi connectivity index (χ0) is 13.0. The van der Waals surface area contributed by atoms with Gasteiger partial charge in [-0.3, -0.25) is 4.68 Å². The van der Waals surface area contributed by atoms with Crippen molar-refractivity contribution in [2.24, 2.45) is 5.41 Å². The Morgan fingerprint density at radius 3 is 2.67 bits per heavy atom. The largest absolute Gasteiger partial charge is 0.311 e. The normalized spacial score (nSPS) is 19.3. The Bertz CT molecular complexity index is 362. The van der Waals surface area contributed by atoms with Crippen LogP contribution in [0, 0.1) is 5.41 Å². The Morgan fingerprint density at radius 2 is 2.06 bits per heavy atom. The molecular formula is C15H27N3. The monoisotopic (exact) mass is 249 g/mol. The molecule has 0 atom stereocenters. The van der Waals surface area contributed by atoms with Crippen molar-refractivity contribution in [1.82, 2.24) is 15.1 Å². The van der Waals surface area contributed by atoms with E-state index in [1.54, 1.807) is 0 Å². The molecule has 1 aromatic rings. The molecule has 0 aromatic carbocycles. The Balaban J connectivity index is 1.77. The van der Waals surface area contributed by atoms with Gasteiger partial charge in [0.2, 0.25) is 0 Å². The SMILES string of the molecule is CC(C)n1ccc(CNCC2(C)CCCCC2)n1. The summed E-state index contributed by atoms with van der Waals surface area (Å²) in [5, 5.41) is 8.16. The second-order valence-electron chi connectivity index (χ2n) is 6.36. The molecule has 0 spiro atoms. The van der Waals surface area contributed by atoms with E-state index in [4.69, 9.17) is 0 Å². The lowest BCUT2D eigenvalue weighted by Gasteiger charge is -2.33. The average molecular weight is 249 g/mol. The van der Waals surface area contributed by atoms with Crippen molar-refractivity contribution in [3.05, 3.63) is 18.0 Å². The van der Waals surface area contributed by atoms with Crippen LogP contribution in [0.25, 0.3) is 0 Å². The van der Waals surface area contributed by atoms with Crippen LogP contribution < -0.4 is 5.32 Å². The molecule has 102 valence electrons. The quantitative estimate of drug-likeness (QED) is 0.865. The highest BCUT2D eigenvalue weighted by atomic mass is 15.3. The van der Waals surface area contributed by atoms with Gasteiger partial charge >= 0.3 is 0 Å². The molecular weight excluding hydrogens is 222 g/mol. The molecule has 1 N–H and O–H groups in total. The van der Waals surface area contributed by atoms with Crippen molar-refractivity contribution < 1.29 is 0 Å². The highest BCUT2D eigenvalue weighted by molar-refractivity contribution is 4.99. The van der Waals surface area contributed by atoms with Gasteiger partial charge < -0.3 is 5.32 Å². The van der Waals surface area contributed by atoms with Gasteiger partial charge in [-0.25, -0.2) is 0 Å². The van der Waals surface area contributed by atoms with Crippen LogP contribution in [0.5, 0.6) is 0 Å². The molecule has 1 fully saturated rings. The van der Waals surface area contributed by atoms with Crippen molar-refractivity contribution >= 4 is 0 Å². The predicted molar refractivity (Wildman–Crippen MR) is 75.5 cm³/mol. The lowest BCUT2D eigenvalue weighted by molar-refractivity contribution is 0.207. The predicted octanol–water partition coefficient (Wildman–Crippen LogP) is 3.52. The van der Waals surface area contributed by atoms with E-state index in [9.17, 15) is 0 Å². The smallest absolute Gasteiger partial charge is 0.0762 e. The van der Waals surface area contributed by atoms with E-state index in [1.165, 1.54) is 32.1 Å². The molecule has 0 bridgehead atoms. The standard InChI is InChI=1S/C15H27N3/c1-13(2)18-10-7-14(17-18)11-16-12-15(3)8-5-4-6-9-15/h7,10,13,16H,4-6,8-9,11-12H2,1-3H3. The van der Waals surface area contributed by atoms with E-state index < -0.39 is 0 Å². The Hall–Kier alpha value is -0.830. The van der Waals surface area contributed by atoms with Crippen LogP contribution in [-0.4, -0.2) is 16.3 Å². The van der Waals surface area contributed by atoms with Crippen LogP contribution >= 0.6 is 0 Å². The molecule has 18 heavy (non-hydrogen) atoms. The summed E-state index contributed by atoms with van der Waals surface area (Å²) < 4.78 is 2.03. The zero-order valence-electron chi connectivity index (χ0n) is 12.1. The van der Waals surface area contributed by atoms with Crippen molar-refractivity contribution in [1.29, 1.82) is 0 Å². The minimum atomic E-state index is 0.453. The van der Waals surface area contributed by atoms with Crippen LogP contribution in [-0.2, 0) is 6.54 Å². The number of nitrogens with zero attached hydrogens (tertiary/aromatic N) is 2. The molecule has 3 nitrogen and oxygen atoms in total. The molecule has 1 aliphatic rings. The van der Waals surface area contributed by atoms with Crippen LogP contribution in [0.4, 0.5) is 0 Å². The summed E-state index contributed by atoms with van der Waals surface area (Å²) in [6.07, 6.45) is 9.06. The van der Waals surface area contributed by atoms with E-state index in [0.717, 1.165) is 18.8 Å². The summed E-state index contributed by atoms with van der Waals surface area (Å²) in [6, 6.07) is 2.57. The molecule has 0 unspecified atom stereocenters. The van der Waals surface area contributed by atoms with Gasteiger partial charge in [0.05, 0.1) is 5.69 Å². The van der Waals surface area contributed by atoms with Gasteiger partial charge in [-0.1, -0.05) is 26.2 Å². The summed E-state index contributed by atoms with van der Waals surface area (Å²) in [6.45, 7) is 8.77. The molecule has 0 aliphatic heterocycles. The Kier molecular flexibility index (Phi) is 4.44. The average Bonchev–Trinajstić information content (AvgIpc) is 2.78. The van der Waals surface area contributed by atoms with E-state index in [2.05, 4.69) is 43.4 Å². The van der Waals surface area contributed by atoms with Crippen molar-refractivity contribution in [2.75, 3.05) is 6.54 Å². The maximum atomic E-state index is 4.57. The van der Waals surface area contributed by atoms with E-state index in [1.807, 2.05) is 4.68 Å². The first-order valence-electron chi connectivity index (χ1n) is 7.34. The molecule has 1 aromatic heterocycles. The number of nitrogens with one attached hydrogen (secondary N) is 1. The van der Waals surface area contributed by atoms with Crippen LogP contribution in [0.3, 0.4) is 0 Å². The summed E-state index contributed by atoms with van der Waals surface area (Å²) in [5.41, 5.74) is 1.67. The molecule has 1 aliphatic carbocycles. The maximum Gasteiger partial charge on any atom is 0.0762 e. The van der Waals surface area contributed by atoms with Crippen LogP contribution in [0.15, 0.2) is 12.3 Å². The summed E-state index contributed by atoms with van der Waals surface area (Å²) in [5.74, 6) is 0. The Labute approximate surface area is 111 Å². The second kappa shape index (κ2) is 5.87. The highest BCUT2D eigenvalue weighted by Crippen LogP contribution is 2.34. The number of hydrogen-bond donors (Lipinski definition) is 1. The second-order valence-corrected chi connectivity index (χ2v) is 6.36. The summed E-state index contributed by atoms with van der Waals surface area (Å²) in [4.78, 5) is 0. The third kappa shape index (κ3) is 3.58. The first-order valence-corrected chi connectivity index (χ1v) is 7.34. The molecule has 2 rings (SSSR count). The topological polar surface area (TPSA) is 29.9 Å². The fraction of sp³-hybridized carbons (Fsp3) is 0.800. The molecule has 0 amide bonds. The Morgan fingerprint density at radius 1 is 1.33 bits per heavy atom. The molecule has 1 saturated carbocycles. The molecule has 1 heterocycles. The van der Waals surface area contributed by atoms with Gasteiger partial charge in [0.25, 0.3) is 0 Å². The van der Waals surface area contributed by atoms with E-state index >= 15 is 0 Å². The number of hydrogen-bond acceptors (Lipinski definition) is 2. The minimum Gasteiger partial charge on any atom is -0.311 e. The number of aromatic nitrogens is 2. The zero-order valence-corrected chi connectivity index (χ0v) is 12.1. The fourth-order valence-corrected chi connectivity index (χ4v) is 2.83. The van der Waals surface area contributed by atoms with Gasteiger partial charge in [-0.2, -0.15) is 5.10 Å². The lowest BCUT2D eigenvalue weighted by Crippen LogP contribution is -2.33. The lowest BCUT2D eigenvalue weighted by atomic mass is 9.76. The molecule has 3 heteroatoms. The van der Waals surface area contributed by atoms with Gasteiger partial charge in [-0.15, -0.1) is 0 Å². The third-order valence-corrected chi connectivity index (χ3v) is 4.11. The van der Waals surface area contributed by atoms with Gasteiger partial charge in [0.15, 0.2) is 0 Å². The van der Waals surface area contributed by atoms with E-state index in [0.29, 0.717) is 11.5 Å². The minimum absolute atomic E-state index is 0.453. The third-order valence-electron chi connectivity index (χ3n) is 4.11. The molecule has 0 radical (unpaired) electrons. The fourth-order valence-electron chi connectivity index (χ4n) is 2.83. The molecule has 0 saturated heterocycles. The first-order chi connectivity index (χ1) is 8.59. The van der Waals surface area contributed by atoms with Gasteiger partial charge in [0, 0.05) is 25.3 Å². The van der Waals surface area contributed by atoms with Crippen molar-refractivity contribution in [3.8, 4) is 0 Å². The van der Waals surface area contributed by atoms with Crippen molar-refractivity contribution in [2.45, 2.75) is 65.5 Å². The van der Waals surface area contributed by atoms with Crippen molar-refractivity contribution in [3.63, 3.8) is 0 Å². The highest BCUT2D eigenvalue weighted by Gasteiger charge is 2.26. The van der Waals surface area contributed by atoms with E-state index in [-0.39, 0.29) is 0 Å². The van der Waals surface area contributed by atoms with Crippen LogP contribution in [0.2, 0.25) is 0 Å². The first kappa shape index (κ1) is 13.6. The summed E-state index contributed by atoms with van der Waals surface area (Å²) >= 11 is 0. The number of rotatable bonds is 5. The summed E-state index contributed by atoms with van der Waals surface area (Å²) in [7, 11) is 0. The van der Waals surface area contributed by atoms with Gasteiger partial charge in [0.1, 0.15) is 0 Å². The van der Waals surface area contributed by atoms with Crippen LogP contribution in [0.1, 0.15) is 64.6 Å².